The van der Waals surface area contributed by atoms with Gasteiger partial charge in [0.25, 0.3) is 5.91 Å². The molecule has 5 heteroatoms. The van der Waals surface area contributed by atoms with Gasteiger partial charge < -0.3 is 14.4 Å². The number of anilines is 1. The van der Waals surface area contributed by atoms with Gasteiger partial charge in [-0.1, -0.05) is 46.3 Å². The monoisotopic (exact) mass is 423 g/mol. The lowest BCUT2D eigenvalue weighted by Crippen LogP contribution is -2.51. The van der Waals surface area contributed by atoms with Crippen molar-refractivity contribution in [3.8, 4) is 0 Å². The van der Waals surface area contributed by atoms with Gasteiger partial charge in [-0.25, -0.2) is 0 Å². The minimum Gasteiger partial charge on any atom is -0.349 e. The number of fused-ring (bicyclic) bond motifs is 6. The molecule has 5 rings (SSSR count). The zero-order chi connectivity index (χ0) is 18.5. The van der Waals surface area contributed by atoms with Gasteiger partial charge in [-0.05, 0) is 36.6 Å². The van der Waals surface area contributed by atoms with Crippen LogP contribution in [0.1, 0.15) is 34.2 Å². The van der Waals surface area contributed by atoms with Crippen molar-refractivity contribution in [3.63, 3.8) is 0 Å². The average molecular weight is 424 g/mol. The van der Waals surface area contributed by atoms with Crippen LogP contribution >= 0.6 is 15.9 Å². The van der Waals surface area contributed by atoms with Crippen LogP contribution in [0.4, 0.5) is 5.69 Å². The highest BCUT2D eigenvalue weighted by Gasteiger charge is 2.42. The van der Waals surface area contributed by atoms with Crippen molar-refractivity contribution < 1.29 is 4.79 Å². The molecular formula is C22H22BrN3O. The minimum absolute atomic E-state index is 0.0427. The zero-order valence-corrected chi connectivity index (χ0v) is 16.9. The second kappa shape index (κ2) is 6.41. The summed E-state index contributed by atoms with van der Waals surface area (Å²) in [6.45, 7) is 1.72. The molecule has 0 spiro atoms. The van der Waals surface area contributed by atoms with Gasteiger partial charge in [0.15, 0.2) is 0 Å². The smallest absolute Gasteiger partial charge is 0.257 e. The molecule has 3 aromatic rings. The highest BCUT2D eigenvalue weighted by atomic mass is 79.9. The van der Waals surface area contributed by atoms with Crippen LogP contribution in [0, 0.1) is 0 Å². The van der Waals surface area contributed by atoms with E-state index in [1.54, 1.807) is 0 Å². The summed E-state index contributed by atoms with van der Waals surface area (Å²) < 4.78 is 2.44. The lowest BCUT2D eigenvalue weighted by atomic mass is 9.96. The van der Waals surface area contributed by atoms with Crippen molar-refractivity contribution in [2.75, 3.05) is 23.8 Å². The second-order valence-electron chi connectivity index (χ2n) is 7.33. The van der Waals surface area contributed by atoms with E-state index in [1.807, 2.05) is 23.1 Å². The fraction of sp³-hybridized carbons (Fsp3) is 0.318. The Bertz CT molecular complexity index is 1040. The third-order valence-corrected chi connectivity index (χ3v) is 6.48. The van der Waals surface area contributed by atoms with E-state index >= 15 is 0 Å². The SMILES string of the molecule is CN1c2ccccc2C(=O)N2CCc3c(n(CCCBr)c4ccccc34)C21. The van der Waals surface area contributed by atoms with E-state index in [-0.39, 0.29) is 12.1 Å². The molecule has 2 aliphatic rings. The Kier molecular flexibility index (Phi) is 4.01. The number of benzene rings is 2. The molecule has 138 valence electrons. The molecule has 0 bridgehead atoms. The number of alkyl halides is 1. The first-order chi connectivity index (χ1) is 13.2. The maximum absolute atomic E-state index is 13.2. The van der Waals surface area contributed by atoms with Gasteiger partial charge in [0, 0.05) is 36.4 Å². The first-order valence-electron chi connectivity index (χ1n) is 9.51. The van der Waals surface area contributed by atoms with E-state index in [9.17, 15) is 4.79 Å². The maximum atomic E-state index is 13.2. The summed E-state index contributed by atoms with van der Waals surface area (Å²) in [5.41, 5.74) is 5.80. The molecule has 27 heavy (non-hydrogen) atoms. The number of nitrogens with zero attached hydrogens (tertiary/aromatic N) is 3. The summed E-state index contributed by atoms with van der Waals surface area (Å²) in [4.78, 5) is 17.6. The number of carbonyl (C=O) groups is 1. The van der Waals surface area contributed by atoms with E-state index in [1.165, 1.54) is 22.2 Å². The number of carbonyl (C=O) groups excluding carboxylic acids is 1. The predicted molar refractivity (Wildman–Crippen MR) is 113 cm³/mol. The van der Waals surface area contributed by atoms with Crippen molar-refractivity contribution in [2.24, 2.45) is 0 Å². The molecule has 0 radical (unpaired) electrons. The molecule has 4 nitrogen and oxygen atoms in total. The van der Waals surface area contributed by atoms with E-state index < -0.39 is 0 Å². The largest absolute Gasteiger partial charge is 0.349 e. The van der Waals surface area contributed by atoms with Gasteiger partial charge in [-0.3, -0.25) is 4.79 Å². The standard InChI is InChI=1S/C22H22BrN3O/c1-24-18-9-4-3-8-17(18)22(27)26-14-11-16-15-7-2-5-10-19(15)25(13-6-12-23)20(16)21(24)26/h2-5,7-10,21H,6,11-14H2,1H3. The molecule has 1 unspecified atom stereocenters. The van der Waals surface area contributed by atoms with Crippen LogP contribution < -0.4 is 4.90 Å². The van der Waals surface area contributed by atoms with Crippen LogP contribution in [0.2, 0.25) is 0 Å². The van der Waals surface area contributed by atoms with Crippen molar-refractivity contribution in [1.29, 1.82) is 0 Å². The molecule has 0 saturated carbocycles. The minimum atomic E-state index is -0.0427. The quantitative estimate of drug-likeness (QED) is 0.577. The van der Waals surface area contributed by atoms with Gasteiger partial charge in [-0.2, -0.15) is 0 Å². The van der Waals surface area contributed by atoms with Crippen LogP contribution in [-0.2, 0) is 13.0 Å². The molecule has 0 fully saturated rings. The Labute approximate surface area is 167 Å². The summed E-state index contributed by atoms with van der Waals surface area (Å²) in [6, 6.07) is 16.6. The Hall–Kier alpha value is -2.27. The summed E-state index contributed by atoms with van der Waals surface area (Å²) in [5.74, 6) is 0.150. The van der Waals surface area contributed by atoms with Crippen LogP contribution in [0.15, 0.2) is 48.5 Å². The number of para-hydroxylation sites is 2. The van der Waals surface area contributed by atoms with Gasteiger partial charge in [0.1, 0.15) is 6.17 Å². The lowest BCUT2D eigenvalue weighted by molar-refractivity contribution is 0.0629. The van der Waals surface area contributed by atoms with Gasteiger partial charge in [0.05, 0.1) is 16.9 Å². The molecule has 2 aliphatic heterocycles. The van der Waals surface area contributed by atoms with E-state index in [2.05, 4.69) is 62.8 Å². The van der Waals surface area contributed by atoms with Crippen LogP contribution in [0.3, 0.4) is 0 Å². The topological polar surface area (TPSA) is 28.5 Å². The number of rotatable bonds is 3. The first kappa shape index (κ1) is 16.9. The van der Waals surface area contributed by atoms with Crippen molar-refractivity contribution in [1.82, 2.24) is 9.47 Å². The third kappa shape index (κ3) is 2.37. The van der Waals surface area contributed by atoms with Crippen LogP contribution in [0.25, 0.3) is 10.9 Å². The third-order valence-electron chi connectivity index (χ3n) is 5.92. The highest BCUT2D eigenvalue weighted by molar-refractivity contribution is 9.09. The van der Waals surface area contributed by atoms with E-state index in [0.29, 0.717) is 0 Å². The number of aryl methyl sites for hydroxylation is 1. The fourth-order valence-electron chi connectivity index (χ4n) is 4.77. The normalized spacial score (nSPS) is 18.4. The van der Waals surface area contributed by atoms with Crippen molar-refractivity contribution >= 4 is 38.4 Å². The molecule has 1 atom stereocenters. The van der Waals surface area contributed by atoms with Crippen molar-refractivity contribution in [3.05, 3.63) is 65.4 Å². The summed E-state index contributed by atoms with van der Waals surface area (Å²) >= 11 is 3.58. The average Bonchev–Trinajstić information content (AvgIpc) is 3.04. The molecule has 2 aromatic carbocycles. The predicted octanol–water partition coefficient (Wildman–Crippen LogP) is 4.57. The Morgan fingerprint density at radius 1 is 1.11 bits per heavy atom. The lowest BCUT2D eigenvalue weighted by Gasteiger charge is -2.46. The maximum Gasteiger partial charge on any atom is 0.257 e. The number of aromatic nitrogens is 1. The second-order valence-corrected chi connectivity index (χ2v) is 8.12. The number of halogens is 1. The van der Waals surface area contributed by atoms with Crippen molar-refractivity contribution in [2.45, 2.75) is 25.6 Å². The fourth-order valence-corrected chi connectivity index (χ4v) is 5.02. The Morgan fingerprint density at radius 3 is 2.74 bits per heavy atom. The van der Waals surface area contributed by atoms with Gasteiger partial charge in [-0.15, -0.1) is 0 Å². The molecule has 0 saturated heterocycles. The first-order valence-corrected chi connectivity index (χ1v) is 10.6. The summed E-state index contributed by atoms with van der Waals surface area (Å²) in [6.07, 6.45) is 1.93. The summed E-state index contributed by atoms with van der Waals surface area (Å²) in [5, 5.41) is 2.31. The number of hydrogen-bond donors (Lipinski definition) is 0. The van der Waals surface area contributed by atoms with Gasteiger partial charge in [0.2, 0.25) is 0 Å². The molecule has 3 heterocycles. The van der Waals surface area contributed by atoms with E-state index in [0.717, 1.165) is 42.5 Å². The molecule has 0 aliphatic carbocycles. The van der Waals surface area contributed by atoms with Crippen LogP contribution in [-0.4, -0.2) is 34.3 Å². The van der Waals surface area contributed by atoms with E-state index in [4.69, 9.17) is 0 Å². The molecule has 1 aromatic heterocycles. The number of amides is 1. The molecule has 0 N–H and O–H groups in total. The van der Waals surface area contributed by atoms with Gasteiger partial charge >= 0.3 is 0 Å². The zero-order valence-electron chi connectivity index (χ0n) is 15.4. The van der Waals surface area contributed by atoms with Crippen LogP contribution in [0.5, 0.6) is 0 Å². The molecule has 1 amide bonds. The highest BCUT2D eigenvalue weighted by Crippen LogP contribution is 2.44. The Balaban J connectivity index is 1.75. The summed E-state index contributed by atoms with van der Waals surface area (Å²) in [7, 11) is 2.12. The molecular weight excluding hydrogens is 402 g/mol. The number of hydrogen-bond acceptors (Lipinski definition) is 2. The Morgan fingerprint density at radius 2 is 1.89 bits per heavy atom.